The van der Waals surface area contributed by atoms with E-state index in [2.05, 4.69) is 17.1 Å². The lowest BCUT2D eigenvalue weighted by Gasteiger charge is -2.14. The van der Waals surface area contributed by atoms with Crippen LogP contribution in [0.1, 0.15) is 18.2 Å². The molecule has 5 nitrogen and oxygen atoms in total. The number of likely N-dealkylation sites (tertiary alicyclic amines) is 1. The molecule has 0 amide bonds. The van der Waals surface area contributed by atoms with Gasteiger partial charge in [0.2, 0.25) is 0 Å². The summed E-state index contributed by atoms with van der Waals surface area (Å²) < 4.78 is 16.5. The Morgan fingerprint density at radius 1 is 1.32 bits per heavy atom. The van der Waals surface area contributed by atoms with Gasteiger partial charge in [-0.25, -0.2) is 0 Å². The summed E-state index contributed by atoms with van der Waals surface area (Å²) in [7, 11) is 3.48. The Kier molecular flexibility index (Phi) is 5.39. The molecule has 0 aromatic carbocycles. The van der Waals surface area contributed by atoms with E-state index in [4.69, 9.17) is 13.9 Å². The summed E-state index contributed by atoms with van der Waals surface area (Å²) in [6.45, 7) is 6.51. The van der Waals surface area contributed by atoms with E-state index in [9.17, 15) is 0 Å². The van der Waals surface area contributed by atoms with Gasteiger partial charge in [-0.05, 0) is 12.6 Å². The predicted octanol–water partition coefficient (Wildman–Crippen LogP) is 1.23. The second kappa shape index (κ2) is 7.05. The van der Waals surface area contributed by atoms with E-state index in [-0.39, 0.29) is 12.2 Å². The van der Waals surface area contributed by atoms with Gasteiger partial charge in [0.25, 0.3) is 0 Å². The SMILES string of the molecule is CCNCc1ccoc1CN1CC(OC)C(OC)C1. The first-order valence-electron chi connectivity index (χ1n) is 6.82. The quantitative estimate of drug-likeness (QED) is 0.806. The lowest BCUT2D eigenvalue weighted by atomic mass is 10.2. The van der Waals surface area contributed by atoms with Gasteiger partial charge < -0.3 is 19.2 Å². The Morgan fingerprint density at radius 3 is 2.58 bits per heavy atom. The molecule has 0 saturated carbocycles. The van der Waals surface area contributed by atoms with Crippen LogP contribution in [0.25, 0.3) is 0 Å². The Balaban J connectivity index is 1.93. The molecule has 2 atom stereocenters. The standard InChI is InChI=1S/C14H24N2O3/c1-4-15-7-11-5-6-19-12(11)8-16-9-13(17-2)14(10-16)18-3/h5-6,13-15H,4,7-10H2,1-3H3. The van der Waals surface area contributed by atoms with Crippen LogP contribution in [0, 0.1) is 0 Å². The van der Waals surface area contributed by atoms with Crippen molar-refractivity contribution >= 4 is 0 Å². The van der Waals surface area contributed by atoms with E-state index < -0.39 is 0 Å². The normalized spacial score (nSPS) is 24.2. The molecule has 1 aliphatic heterocycles. The van der Waals surface area contributed by atoms with E-state index >= 15 is 0 Å². The zero-order valence-corrected chi connectivity index (χ0v) is 12.0. The number of methoxy groups -OCH3 is 2. The van der Waals surface area contributed by atoms with Gasteiger partial charge >= 0.3 is 0 Å². The van der Waals surface area contributed by atoms with Crippen LogP contribution in [0.5, 0.6) is 0 Å². The third kappa shape index (κ3) is 3.57. The third-order valence-corrected chi connectivity index (χ3v) is 3.67. The fraction of sp³-hybridized carbons (Fsp3) is 0.714. The molecule has 0 spiro atoms. The van der Waals surface area contributed by atoms with Gasteiger partial charge in [0.05, 0.1) is 25.0 Å². The van der Waals surface area contributed by atoms with E-state index in [1.54, 1.807) is 20.5 Å². The topological polar surface area (TPSA) is 46.9 Å². The van der Waals surface area contributed by atoms with Crippen molar-refractivity contribution in [1.82, 2.24) is 10.2 Å². The van der Waals surface area contributed by atoms with Gasteiger partial charge in [0.1, 0.15) is 5.76 Å². The highest BCUT2D eigenvalue weighted by molar-refractivity contribution is 5.17. The lowest BCUT2D eigenvalue weighted by Crippen LogP contribution is -2.27. The Bertz CT molecular complexity index is 369. The smallest absolute Gasteiger partial charge is 0.122 e. The van der Waals surface area contributed by atoms with Crippen molar-refractivity contribution in [2.45, 2.75) is 32.2 Å². The highest BCUT2D eigenvalue weighted by Crippen LogP contribution is 2.20. The van der Waals surface area contributed by atoms with Gasteiger partial charge in [-0.15, -0.1) is 0 Å². The van der Waals surface area contributed by atoms with Crippen LogP contribution in [-0.4, -0.2) is 51.0 Å². The highest BCUT2D eigenvalue weighted by Gasteiger charge is 2.33. The summed E-state index contributed by atoms with van der Waals surface area (Å²) in [4.78, 5) is 2.32. The van der Waals surface area contributed by atoms with Crippen molar-refractivity contribution in [3.63, 3.8) is 0 Å². The molecule has 5 heteroatoms. The van der Waals surface area contributed by atoms with Gasteiger partial charge in [0, 0.05) is 39.4 Å². The predicted molar refractivity (Wildman–Crippen MR) is 73.0 cm³/mol. The van der Waals surface area contributed by atoms with Gasteiger partial charge in [-0.1, -0.05) is 6.92 Å². The third-order valence-electron chi connectivity index (χ3n) is 3.67. The monoisotopic (exact) mass is 268 g/mol. The van der Waals surface area contributed by atoms with E-state index in [1.807, 2.05) is 6.07 Å². The summed E-state index contributed by atoms with van der Waals surface area (Å²) in [5.41, 5.74) is 1.23. The van der Waals surface area contributed by atoms with Crippen molar-refractivity contribution in [3.05, 3.63) is 23.7 Å². The maximum absolute atomic E-state index is 5.60. The van der Waals surface area contributed by atoms with Crippen LogP contribution >= 0.6 is 0 Å². The van der Waals surface area contributed by atoms with E-state index in [1.165, 1.54) is 5.56 Å². The molecule has 19 heavy (non-hydrogen) atoms. The minimum absolute atomic E-state index is 0.150. The number of nitrogens with zero attached hydrogens (tertiary/aromatic N) is 1. The van der Waals surface area contributed by atoms with Gasteiger partial charge in [-0.2, -0.15) is 0 Å². The molecule has 0 aliphatic carbocycles. The first-order valence-corrected chi connectivity index (χ1v) is 6.82. The number of nitrogens with one attached hydrogen (secondary N) is 1. The Morgan fingerprint density at radius 2 is 2.00 bits per heavy atom. The Hall–Kier alpha value is -0.880. The van der Waals surface area contributed by atoms with Crippen molar-refractivity contribution in [2.75, 3.05) is 33.9 Å². The van der Waals surface area contributed by atoms with Crippen LogP contribution in [0.2, 0.25) is 0 Å². The second-order valence-electron chi connectivity index (χ2n) is 4.89. The number of hydrogen-bond donors (Lipinski definition) is 1. The molecule has 0 bridgehead atoms. The zero-order chi connectivity index (χ0) is 13.7. The van der Waals surface area contributed by atoms with Crippen LogP contribution in [0.3, 0.4) is 0 Å². The highest BCUT2D eigenvalue weighted by atomic mass is 16.5. The summed E-state index contributed by atoms with van der Waals surface area (Å²) >= 11 is 0. The number of ether oxygens (including phenoxy) is 2. The van der Waals surface area contributed by atoms with Gasteiger partial charge in [0.15, 0.2) is 0 Å². The average molecular weight is 268 g/mol. The maximum atomic E-state index is 5.60. The molecule has 2 unspecified atom stereocenters. The second-order valence-corrected chi connectivity index (χ2v) is 4.89. The molecule has 1 N–H and O–H groups in total. The van der Waals surface area contributed by atoms with Gasteiger partial charge in [-0.3, -0.25) is 4.90 Å². The van der Waals surface area contributed by atoms with E-state index in [0.29, 0.717) is 0 Å². The van der Waals surface area contributed by atoms with Crippen molar-refractivity contribution in [1.29, 1.82) is 0 Å². The average Bonchev–Trinajstić information content (AvgIpc) is 3.03. The summed E-state index contributed by atoms with van der Waals surface area (Å²) in [6.07, 6.45) is 2.06. The van der Waals surface area contributed by atoms with Crippen LogP contribution < -0.4 is 5.32 Å². The minimum Gasteiger partial charge on any atom is -0.468 e. The zero-order valence-electron chi connectivity index (χ0n) is 12.0. The van der Waals surface area contributed by atoms with Crippen LogP contribution in [-0.2, 0) is 22.6 Å². The maximum Gasteiger partial charge on any atom is 0.122 e. The first-order chi connectivity index (χ1) is 9.28. The molecule has 108 valence electrons. The molecule has 0 radical (unpaired) electrons. The van der Waals surface area contributed by atoms with Crippen LogP contribution in [0.4, 0.5) is 0 Å². The molecule has 1 aliphatic rings. The molecular weight excluding hydrogens is 244 g/mol. The summed E-state index contributed by atoms with van der Waals surface area (Å²) in [6, 6.07) is 2.04. The fourth-order valence-corrected chi connectivity index (χ4v) is 2.53. The summed E-state index contributed by atoms with van der Waals surface area (Å²) in [5, 5.41) is 3.33. The van der Waals surface area contributed by atoms with Crippen molar-refractivity contribution in [3.8, 4) is 0 Å². The number of hydrogen-bond acceptors (Lipinski definition) is 5. The van der Waals surface area contributed by atoms with E-state index in [0.717, 1.165) is 38.5 Å². The van der Waals surface area contributed by atoms with Crippen LogP contribution in [0.15, 0.2) is 16.7 Å². The number of furan rings is 1. The molecule has 2 heterocycles. The minimum atomic E-state index is 0.150. The molecular formula is C14H24N2O3. The molecule has 1 aromatic heterocycles. The largest absolute Gasteiger partial charge is 0.468 e. The first kappa shape index (κ1) is 14.5. The fourth-order valence-electron chi connectivity index (χ4n) is 2.53. The molecule has 1 fully saturated rings. The summed E-state index contributed by atoms with van der Waals surface area (Å²) in [5.74, 6) is 1.03. The molecule has 2 rings (SSSR count). The van der Waals surface area contributed by atoms with Crippen molar-refractivity contribution in [2.24, 2.45) is 0 Å². The lowest BCUT2D eigenvalue weighted by molar-refractivity contribution is -0.00461. The van der Waals surface area contributed by atoms with Crippen molar-refractivity contribution < 1.29 is 13.9 Å². The molecule has 1 aromatic rings. The Labute approximate surface area is 114 Å². The number of rotatable bonds is 7. The molecule has 1 saturated heterocycles.